The van der Waals surface area contributed by atoms with E-state index >= 15 is 0 Å². The molecule has 1 aromatic carbocycles. The number of aryl methyl sites for hydroxylation is 2. The summed E-state index contributed by atoms with van der Waals surface area (Å²) >= 11 is 0. The fraction of sp³-hybridized carbons (Fsp3) is 0.600. The molecule has 0 saturated carbocycles. The van der Waals surface area contributed by atoms with Crippen LogP contribution in [0.3, 0.4) is 0 Å². The summed E-state index contributed by atoms with van der Waals surface area (Å²) in [6, 6.07) is 6.41. The lowest BCUT2D eigenvalue weighted by atomic mass is 9.97. The average Bonchev–Trinajstić information content (AvgIpc) is 2.29. The summed E-state index contributed by atoms with van der Waals surface area (Å²) in [5.41, 5.74) is 2.55. The van der Waals surface area contributed by atoms with Gasteiger partial charge in [-0.15, -0.1) is 12.4 Å². The number of hydrogen-bond donors (Lipinski definition) is 1. The zero-order valence-electron chi connectivity index (χ0n) is 11.4. The minimum Gasteiger partial charge on any atom is -0.494 e. The second kappa shape index (κ2) is 7.65. The van der Waals surface area contributed by atoms with Gasteiger partial charge in [-0.25, -0.2) is 0 Å². The molecule has 18 heavy (non-hydrogen) atoms. The molecule has 0 spiro atoms. The monoisotopic (exact) mass is 269 g/mol. The Labute approximate surface area is 117 Å². The molecule has 0 bridgehead atoms. The predicted octanol–water partition coefficient (Wildman–Crippen LogP) is 3.49. The molecule has 3 heteroatoms. The maximum absolute atomic E-state index is 5.84. The Balaban J connectivity index is 0.00000162. The lowest BCUT2D eigenvalue weighted by Crippen LogP contribution is -2.30. The predicted molar refractivity (Wildman–Crippen MR) is 78.9 cm³/mol. The van der Waals surface area contributed by atoms with Crippen molar-refractivity contribution in [1.29, 1.82) is 0 Å². The normalized spacial score (nSPS) is 19.1. The van der Waals surface area contributed by atoms with E-state index in [1.54, 1.807) is 0 Å². The Kier molecular flexibility index (Phi) is 6.51. The standard InChI is InChI=1S/C15H23NO.ClH/c1-12-8-13(2)10-15(9-12)17-7-5-14-4-3-6-16-11-14;/h8-10,14,16H,3-7,11H2,1-2H3;1H. The van der Waals surface area contributed by atoms with E-state index in [0.29, 0.717) is 0 Å². The molecule has 1 atom stereocenters. The van der Waals surface area contributed by atoms with Crippen LogP contribution in [-0.2, 0) is 0 Å². The molecule has 1 aliphatic heterocycles. The molecule has 0 amide bonds. The molecule has 2 rings (SSSR count). The van der Waals surface area contributed by atoms with Crippen LogP contribution in [0.15, 0.2) is 18.2 Å². The minimum absolute atomic E-state index is 0. The summed E-state index contributed by atoms with van der Waals surface area (Å²) in [7, 11) is 0. The van der Waals surface area contributed by atoms with Gasteiger partial charge in [0.25, 0.3) is 0 Å². The number of halogens is 1. The van der Waals surface area contributed by atoms with Crippen molar-refractivity contribution in [2.75, 3.05) is 19.7 Å². The first-order valence-corrected chi connectivity index (χ1v) is 6.66. The van der Waals surface area contributed by atoms with Crippen molar-refractivity contribution in [3.05, 3.63) is 29.3 Å². The first-order chi connectivity index (χ1) is 8.24. The van der Waals surface area contributed by atoms with Crippen LogP contribution in [0.1, 0.15) is 30.4 Å². The van der Waals surface area contributed by atoms with E-state index < -0.39 is 0 Å². The van der Waals surface area contributed by atoms with Gasteiger partial charge >= 0.3 is 0 Å². The SMILES string of the molecule is Cc1cc(C)cc(OCCC2CCCNC2)c1.Cl. The molecule has 1 saturated heterocycles. The lowest BCUT2D eigenvalue weighted by Gasteiger charge is -2.22. The number of ether oxygens (including phenoxy) is 1. The summed E-state index contributed by atoms with van der Waals surface area (Å²) in [5, 5.41) is 3.45. The second-order valence-corrected chi connectivity index (χ2v) is 5.17. The van der Waals surface area contributed by atoms with Crippen molar-refractivity contribution in [1.82, 2.24) is 5.32 Å². The molecule has 1 unspecified atom stereocenters. The van der Waals surface area contributed by atoms with Crippen LogP contribution < -0.4 is 10.1 Å². The summed E-state index contributed by atoms with van der Waals surface area (Å²) in [4.78, 5) is 0. The van der Waals surface area contributed by atoms with Crippen LogP contribution >= 0.6 is 12.4 Å². The van der Waals surface area contributed by atoms with E-state index in [1.165, 1.54) is 36.9 Å². The molecule has 1 aliphatic rings. The molecule has 2 nitrogen and oxygen atoms in total. The smallest absolute Gasteiger partial charge is 0.119 e. The number of rotatable bonds is 4. The molecular formula is C15H24ClNO. The highest BCUT2D eigenvalue weighted by molar-refractivity contribution is 5.85. The maximum Gasteiger partial charge on any atom is 0.119 e. The number of nitrogens with one attached hydrogen (secondary N) is 1. The van der Waals surface area contributed by atoms with E-state index in [4.69, 9.17) is 4.74 Å². The van der Waals surface area contributed by atoms with E-state index in [0.717, 1.165) is 24.8 Å². The summed E-state index contributed by atoms with van der Waals surface area (Å²) in [6.45, 7) is 7.43. The Morgan fingerprint density at radius 2 is 1.94 bits per heavy atom. The highest BCUT2D eigenvalue weighted by atomic mass is 35.5. The molecule has 1 aromatic rings. The largest absolute Gasteiger partial charge is 0.494 e. The van der Waals surface area contributed by atoms with Crippen LogP contribution in [0.4, 0.5) is 0 Å². The van der Waals surface area contributed by atoms with Crippen LogP contribution in [0, 0.1) is 19.8 Å². The van der Waals surface area contributed by atoms with Gasteiger partial charge < -0.3 is 10.1 Å². The van der Waals surface area contributed by atoms with Crippen molar-refractivity contribution in [2.45, 2.75) is 33.1 Å². The third-order valence-corrected chi connectivity index (χ3v) is 3.39. The van der Waals surface area contributed by atoms with Crippen LogP contribution in [0.25, 0.3) is 0 Å². The Morgan fingerprint density at radius 1 is 1.22 bits per heavy atom. The molecule has 0 aromatic heterocycles. The van der Waals surface area contributed by atoms with Gasteiger partial charge in [-0.1, -0.05) is 6.07 Å². The summed E-state index contributed by atoms with van der Waals surface area (Å²) in [6.07, 6.45) is 3.83. The fourth-order valence-electron chi connectivity index (χ4n) is 2.53. The Hall–Kier alpha value is -0.730. The van der Waals surface area contributed by atoms with Gasteiger partial charge in [0.15, 0.2) is 0 Å². The Bertz CT molecular complexity index is 341. The van der Waals surface area contributed by atoms with Crippen LogP contribution in [-0.4, -0.2) is 19.7 Å². The lowest BCUT2D eigenvalue weighted by molar-refractivity contribution is 0.254. The molecular weight excluding hydrogens is 246 g/mol. The van der Waals surface area contributed by atoms with Gasteiger partial charge in [0, 0.05) is 0 Å². The van der Waals surface area contributed by atoms with Gasteiger partial charge in [0.1, 0.15) is 5.75 Å². The third-order valence-electron chi connectivity index (χ3n) is 3.39. The van der Waals surface area contributed by atoms with Crippen molar-refractivity contribution < 1.29 is 4.74 Å². The molecule has 0 aliphatic carbocycles. The van der Waals surface area contributed by atoms with Gasteiger partial charge in [-0.3, -0.25) is 0 Å². The van der Waals surface area contributed by atoms with E-state index in [2.05, 4.69) is 37.4 Å². The van der Waals surface area contributed by atoms with Gasteiger partial charge in [-0.2, -0.15) is 0 Å². The number of piperidine rings is 1. The van der Waals surface area contributed by atoms with E-state index in [1.807, 2.05) is 0 Å². The van der Waals surface area contributed by atoms with E-state index in [9.17, 15) is 0 Å². The molecule has 1 fully saturated rings. The highest BCUT2D eigenvalue weighted by Crippen LogP contribution is 2.18. The van der Waals surface area contributed by atoms with Gasteiger partial charge in [0.2, 0.25) is 0 Å². The number of benzene rings is 1. The minimum atomic E-state index is 0. The van der Waals surface area contributed by atoms with Crippen molar-refractivity contribution in [3.63, 3.8) is 0 Å². The first kappa shape index (κ1) is 15.3. The van der Waals surface area contributed by atoms with Crippen molar-refractivity contribution in [2.24, 2.45) is 5.92 Å². The van der Waals surface area contributed by atoms with Crippen molar-refractivity contribution in [3.8, 4) is 5.75 Å². The molecule has 1 N–H and O–H groups in total. The Morgan fingerprint density at radius 3 is 2.56 bits per heavy atom. The van der Waals surface area contributed by atoms with E-state index in [-0.39, 0.29) is 12.4 Å². The topological polar surface area (TPSA) is 21.3 Å². The average molecular weight is 270 g/mol. The molecule has 1 heterocycles. The quantitative estimate of drug-likeness (QED) is 0.903. The molecule has 0 radical (unpaired) electrons. The zero-order chi connectivity index (χ0) is 12.1. The van der Waals surface area contributed by atoms with Gasteiger partial charge in [-0.05, 0) is 75.4 Å². The second-order valence-electron chi connectivity index (χ2n) is 5.17. The van der Waals surface area contributed by atoms with Crippen molar-refractivity contribution >= 4 is 12.4 Å². The summed E-state index contributed by atoms with van der Waals surface area (Å²) in [5.74, 6) is 1.82. The van der Waals surface area contributed by atoms with Crippen LogP contribution in [0.5, 0.6) is 5.75 Å². The third kappa shape index (κ3) is 4.87. The fourth-order valence-corrected chi connectivity index (χ4v) is 2.53. The number of hydrogen-bond acceptors (Lipinski definition) is 2. The summed E-state index contributed by atoms with van der Waals surface area (Å²) < 4.78 is 5.84. The van der Waals surface area contributed by atoms with Gasteiger partial charge in [0.05, 0.1) is 6.61 Å². The van der Waals surface area contributed by atoms with Crippen LogP contribution in [0.2, 0.25) is 0 Å². The zero-order valence-corrected chi connectivity index (χ0v) is 12.2. The first-order valence-electron chi connectivity index (χ1n) is 6.66. The highest BCUT2D eigenvalue weighted by Gasteiger charge is 2.12. The molecule has 102 valence electrons. The maximum atomic E-state index is 5.84.